The average molecular weight is 492 g/mol. The molecule has 0 fully saturated rings. The number of carboxylic acid groups (broad SMARTS) is 2. The number of carbonyl (C=O) groups excluding carboxylic acids is 4. The Labute approximate surface area is 195 Å². The molecule has 188 valence electrons. The maximum absolute atomic E-state index is 12.8. The molecule has 0 aromatic carbocycles. The number of thioether (sulfide) groups is 1. The molecule has 0 aromatic rings. The maximum Gasteiger partial charge on any atom is 0.326 e. The summed E-state index contributed by atoms with van der Waals surface area (Å²) in [6.45, 7) is 3.61. The van der Waals surface area contributed by atoms with Gasteiger partial charge in [0, 0.05) is 0 Å². The van der Waals surface area contributed by atoms with E-state index >= 15 is 0 Å². The van der Waals surface area contributed by atoms with Gasteiger partial charge in [-0.05, 0) is 30.8 Å². The van der Waals surface area contributed by atoms with Crippen molar-refractivity contribution in [2.75, 3.05) is 12.0 Å². The molecule has 9 N–H and O–H groups in total. The van der Waals surface area contributed by atoms with Crippen LogP contribution in [-0.4, -0.2) is 82.0 Å². The number of amides is 4. The molecule has 4 unspecified atom stereocenters. The summed E-state index contributed by atoms with van der Waals surface area (Å²) >= 11 is 1.50. The molecular weight excluding hydrogens is 458 g/mol. The smallest absolute Gasteiger partial charge is 0.326 e. The Balaban J connectivity index is 5.50. The highest BCUT2D eigenvalue weighted by Crippen LogP contribution is 2.08. The summed E-state index contributed by atoms with van der Waals surface area (Å²) in [5.41, 5.74) is 11.0. The lowest BCUT2D eigenvalue weighted by Gasteiger charge is -2.25. The van der Waals surface area contributed by atoms with E-state index in [1.165, 1.54) is 11.8 Å². The summed E-state index contributed by atoms with van der Waals surface area (Å²) in [4.78, 5) is 71.1. The first-order valence-corrected chi connectivity index (χ1v) is 11.6. The molecule has 13 nitrogen and oxygen atoms in total. The zero-order valence-corrected chi connectivity index (χ0v) is 19.6. The minimum atomic E-state index is -1.79. The van der Waals surface area contributed by atoms with E-state index in [0.717, 1.165) is 0 Å². The first-order valence-electron chi connectivity index (χ1n) is 10.2. The second-order valence-corrected chi connectivity index (χ2v) is 8.79. The summed E-state index contributed by atoms with van der Waals surface area (Å²) in [5.74, 6) is -5.94. The van der Waals surface area contributed by atoms with Crippen LogP contribution in [0.3, 0.4) is 0 Å². The van der Waals surface area contributed by atoms with Gasteiger partial charge in [-0.15, -0.1) is 0 Å². The molecule has 0 aliphatic carbocycles. The molecule has 0 aliphatic heterocycles. The number of carbonyl (C=O) groups is 6. The van der Waals surface area contributed by atoms with Crippen molar-refractivity contribution >= 4 is 47.3 Å². The van der Waals surface area contributed by atoms with E-state index < -0.39 is 72.6 Å². The van der Waals surface area contributed by atoms with Crippen LogP contribution in [0.2, 0.25) is 0 Å². The fourth-order valence-corrected chi connectivity index (χ4v) is 3.18. The van der Waals surface area contributed by atoms with Gasteiger partial charge in [0.25, 0.3) is 0 Å². The fraction of sp³-hybridized carbons (Fsp3) is 0.684. The standard InChI is InChI=1S/C19H33N5O8S/c1-9(2)6-11(22-16(28)10(20)4-5-33-3)17(29)23-12(7-14(21)25)18(30)24-13(19(31)32)8-15(26)27/h9-13H,4-8,20H2,1-3H3,(H2,21,25)(H,22,28)(H,23,29)(H,24,30)(H,26,27)(H,31,32). The third kappa shape index (κ3) is 12.7. The van der Waals surface area contributed by atoms with E-state index in [2.05, 4.69) is 10.6 Å². The van der Waals surface area contributed by atoms with Crippen LogP contribution >= 0.6 is 11.8 Å². The van der Waals surface area contributed by atoms with Crippen LogP contribution in [0.15, 0.2) is 0 Å². The van der Waals surface area contributed by atoms with E-state index in [0.29, 0.717) is 12.2 Å². The summed E-state index contributed by atoms with van der Waals surface area (Å²) in [7, 11) is 0. The molecule has 0 heterocycles. The van der Waals surface area contributed by atoms with Crippen molar-refractivity contribution in [3.05, 3.63) is 0 Å². The molecule has 0 rings (SSSR count). The molecule has 0 aliphatic rings. The Morgan fingerprint density at radius 2 is 1.36 bits per heavy atom. The lowest BCUT2D eigenvalue weighted by atomic mass is 10.0. The fourth-order valence-electron chi connectivity index (χ4n) is 2.69. The molecule has 0 bridgehead atoms. The number of primary amides is 1. The molecule has 0 aromatic heterocycles. The monoisotopic (exact) mass is 491 g/mol. The largest absolute Gasteiger partial charge is 0.481 e. The Hall–Kier alpha value is -2.87. The predicted octanol–water partition coefficient (Wildman–Crippen LogP) is -2.00. The molecule has 4 atom stereocenters. The topological polar surface area (TPSA) is 231 Å². The molecule has 14 heteroatoms. The SMILES string of the molecule is CSCCC(N)C(=O)NC(CC(C)C)C(=O)NC(CC(N)=O)C(=O)NC(CC(=O)O)C(=O)O. The molecular formula is C19H33N5O8S. The summed E-state index contributed by atoms with van der Waals surface area (Å²) < 4.78 is 0. The highest BCUT2D eigenvalue weighted by molar-refractivity contribution is 7.98. The number of nitrogens with two attached hydrogens (primary N) is 2. The van der Waals surface area contributed by atoms with Gasteiger partial charge in [0.1, 0.15) is 18.1 Å². The van der Waals surface area contributed by atoms with Gasteiger partial charge in [-0.3, -0.25) is 24.0 Å². The Bertz CT molecular complexity index is 733. The third-order valence-electron chi connectivity index (χ3n) is 4.34. The number of hydrogen-bond donors (Lipinski definition) is 7. The van der Waals surface area contributed by atoms with Gasteiger partial charge in [-0.1, -0.05) is 13.8 Å². The second-order valence-electron chi connectivity index (χ2n) is 7.81. The van der Waals surface area contributed by atoms with Gasteiger partial charge >= 0.3 is 11.9 Å². The maximum atomic E-state index is 12.8. The first-order chi connectivity index (χ1) is 15.3. The predicted molar refractivity (Wildman–Crippen MR) is 120 cm³/mol. The minimum absolute atomic E-state index is 0.0427. The van der Waals surface area contributed by atoms with Crippen LogP contribution < -0.4 is 27.4 Å². The number of rotatable bonds is 16. The summed E-state index contributed by atoms with van der Waals surface area (Å²) in [6, 6.07) is -5.31. The van der Waals surface area contributed by atoms with Gasteiger partial charge in [0.15, 0.2) is 0 Å². The van der Waals surface area contributed by atoms with Crippen LogP contribution in [0.5, 0.6) is 0 Å². The van der Waals surface area contributed by atoms with E-state index in [-0.39, 0.29) is 12.3 Å². The van der Waals surface area contributed by atoms with E-state index in [1.54, 1.807) is 13.8 Å². The van der Waals surface area contributed by atoms with Crippen molar-refractivity contribution in [3.63, 3.8) is 0 Å². The number of aliphatic carboxylic acids is 2. The van der Waals surface area contributed by atoms with Crippen molar-refractivity contribution in [3.8, 4) is 0 Å². The van der Waals surface area contributed by atoms with Crippen molar-refractivity contribution in [1.29, 1.82) is 0 Å². The van der Waals surface area contributed by atoms with Crippen LogP contribution in [0.25, 0.3) is 0 Å². The van der Waals surface area contributed by atoms with Gasteiger partial charge in [-0.2, -0.15) is 11.8 Å². The Kier molecular flexibility index (Phi) is 13.7. The molecule has 0 saturated heterocycles. The molecule has 33 heavy (non-hydrogen) atoms. The second kappa shape index (κ2) is 15.1. The lowest BCUT2D eigenvalue weighted by Crippen LogP contribution is -2.58. The normalized spacial score (nSPS) is 14.5. The van der Waals surface area contributed by atoms with Crippen molar-refractivity contribution in [2.45, 2.75) is 63.7 Å². The van der Waals surface area contributed by atoms with Crippen molar-refractivity contribution < 1.29 is 39.0 Å². The lowest BCUT2D eigenvalue weighted by molar-refractivity contribution is -0.147. The number of carboxylic acids is 2. The number of nitrogens with one attached hydrogen (secondary N) is 3. The van der Waals surface area contributed by atoms with Crippen LogP contribution in [0.4, 0.5) is 0 Å². The average Bonchev–Trinajstić information content (AvgIpc) is 2.68. The third-order valence-corrected chi connectivity index (χ3v) is 4.99. The van der Waals surface area contributed by atoms with Crippen LogP contribution in [-0.2, 0) is 28.8 Å². The highest BCUT2D eigenvalue weighted by Gasteiger charge is 2.32. The molecule has 0 saturated carbocycles. The summed E-state index contributed by atoms with van der Waals surface area (Å²) in [5, 5.41) is 24.7. The first kappa shape index (κ1) is 30.1. The van der Waals surface area contributed by atoms with Gasteiger partial charge in [0.05, 0.1) is 18.9 Å². The molecule has 0 spiro atoms. The van der Waals surface area contributed by atoms with E-state index in [4.69, 9.17) is 21.7 Å². The number of hydrogen-bond acceptors (Lipinski definition) is 8. The van der Waals surface area contributed by atoms with E-state index in [9.17, 15) is 28.8 Å². The zero-order chi connectivity index (χ0) is 25.7. The quantitative estimate of drug-likeness (QED) is 0.125. The van der Waals surface area contributed by atoms with Gasteiger partial charge in [0.2, 0.25) is 23.6 Å². The zero-order valence-electron chi connectivity index (χ0n) is 18.8. The Morgan fingerprint density at radius 1 is 0.848 bits per heavy atom. The van der Waals surface area contributed by atoms with Crippen molar-refractivity contribution in [1.82, 2.24) is 16.0 Å². The minimum Gasteiger partial charge on any atom is -0.481 e. The van der Waals surface area contributed by atoms with Crippen LogP contribution in [0.1, 0.15) is 39.5 Å². The van der Waals surface area contributed by atoms with Gasteiger partial charge in [-0.25, -0.2) is 4.79 Å². The van der Waals surface area contributed by atoms with Crippen LogP contribution in [0, 0.1) is 5.92 Å². The van der Waals surface area contributed by atoms with E-state index in [1.807, 2.05) is 11.6 Å². The van der Waals surface area contributed by atoms with Crippen molar-refractivity contribution in [2.24, 2.45) is 17.4 Å². The molecule has 0 radical (unpaired) electrons. The van der Waals surface area contributed by atoms with Gasteiger partial charge < -0.3 is 37.6 Å². The Morgan fingerprint density at radius 3 is 1.82 bits per heavy atom. The highest BCUT2D eigenvalue weighted by atomic mass is 32.2. The molecule has 4 amide bonds. The summed E-state index contributed by atoms with van der Waals surface area (Å²) in [6.07, 6.45) is 0.837.